The Labute approximate surface area is 130 Å². The second-order valence-corrected chi connectivity index (χ2v) is 6.07. The van der Waals surface area contributed by atoms with E-state index in [1.54, 1.807) is 10.9 Å². The van der Waals surface area contributed by atoms with Crippen LogP contribution in [0.25, 0.3) is 10.9 Å². The van der Waals surface area contributed by atoms with Gasteiger partial charge < -0.3 is 0 Å². The number of halogens is 1. The minimum absolute atomic E-state index is 0.00842. The van der Waals surface area contributed by atoms with Crippen molar-refractivity contribution in [1.29, 1.82) is 0 Å². The number of aromatic nitrogens is 2. The van der Waals surface area contributed by atoms with Crippen LogP contribution < -0.4 is 5.56 Å². The van der Waals surface area contributed by atoms with Gasteiger partial charge in [0.1, 0.15) is 0 Å². The summed E-state index contributed by atoms with van der Waals surface area (Å²) < 4.78 is 2.70. The van der Waals surface area contributed by atoms with Crippen molar-refractivity contribution in [3.8, 4) is 0 Å². The Morgan fingerprint density at radius 2 is 1.90 bits per heavy atom. The van der Waals surface area contributed by atoms with Crippen molar-refractivity contribution in [3.63, 3.8) is 0 Å². The van der Waals surface area contributed by atoms with Gasteiger partial charge in [-0.2, -0.15) is 0 Å². The van der Waals surface area contributed by atoms with E-state index in [1.807, 2.05) is 30.3 Å². The third-order valence-corrected chi connectivity index (χ3v) is 3.93. The zero-order chi connectivity index (χ0) is 14.1. The molecular weight excluding hydrogens is 363 g/mol. The van der Waals surface area contributed by atoms with E-state index in [1.165, 1.54) is 5.56 Å². The summed E-state index contributed by atoms with van der Waals surface area (Å²) in [5, 5.41) is 0.673. The van der Waals surface area contributed by atoms with Crippen LogP contribution in [0.3, 0.4) is 0 Å². The Kier molecular flexibility index (Phi) is 3.56. The molecule has 0 aliphatic heterocycles. The number of benzene rings is 2. The molecule has 0 amide bonds. The molecule has 0 aliphatic carbocycles. The normalized spacial score (nSPS) is 10.9. The van der Waals surface area contributed by atoms with Gasteiger partial charge in [-0.15, -0.1) is 0 Å². The summed E-state index contributed by atoms with van der Waals surface area (Å²) in [5.74, 6) is 0. The van der Waals surface area contributed by atoms with E-state index in [4.69, 9.17) is 0 Å². The molecule has 0 radical (unpaired) electrons. The molecule has 0 atom stereocenters. The van der Waals surface area contributed by atoms with Crippen LogP contribution in [0, 0.1) is 10.5 Å². The van der Waals surface area contributed by atoms with Crippen LogP contribution in [0.4, 0.5) is 0 Å². The highest BCUT2D eigenvalue weighted by Crippen LogP contribution is 2.12. The lowest BCUT2D eigenvalue weighted by molar-refractivity contribution is 0.748. The van der Waals surface area contributed by atoms with Crippen molar-refractivity contribution in [2.24, 2.45) is 0 Å². The first-order valence-electron chi connectivity index (χ1n) is 6.34. The van der Waals surface area contributed by atoms with Gasteiger partial charge in [-0.3, -0.25) is 9.36 Å². The summed E-state index contributed by atoms with van der Waals surface area (Å²) >= 11 is 2.21. The van der Waals surface area contributed by atoms with E-state index >= 15 is 0 Å². The maximum absolute atomic E-state index is 12.5. The lowest BCUT2D eigenvalue weighted by Crippen LogP contribution is -2.21. The smallest absolute Gasteiger partial charge is 0.261 e. The molecule has 0 unspecified atom stereocenters. The summed E-state index contributed by atoms with van der Waals surface area (Å²) in [7, 11) is 0. The molecule has 0 fully saturated rings. The highest BCUT2D eigenvalue weighted by Gasteiger charge is 2.05. The highest BCUT2D eigenvalue weighted by molar-refractivity contribution is 14.1. The Balaban J connectivity index is 2.06. The van der Waals surface area contributed by atoms with Crippen molar-refractivity contribution in [2.45, 2.75) is 13.5 Å². The van der Waals surface area contributed by atoms with E-state index in [0.29, 0.717) is 11.9 Å². The molecule has 0 spiro atoms. The van der Waals surface area contributed by atoms with Crippen LogP contribution in [0.15, 0.2) is 53.6 Å². The molecule has 0 N–H and O–H groups in total. The Bertz CT molecular complexity index is 822. The van der Waals surface area contributed by atoms with Crippen LogP contribution in [-0.4, -0.2) is 9.55 Å². The highest BCUT2D eigenvalue weighted by atomic mass is 127. The van der Waals surface area contributed by atoms with Gasteiger partial charge in [-0.05, 0) is 53.3 Å². The van der Waals surface area contributed by atoms with Gasteiger partial charge in [0.25, 0.3) is 5.56 Å². The predicted octanol–water partition coefficient (Wildman–Crippen LogP) is 3.36. The average Bonchev–Trinajstić information content (AvgIpc) is 2.45. The van der Waals surface area contributed by atoms with Gasteiger partial charge in [-0.1, -0.05) is 29.8 Å². The van der Waals surface area contributed by atoms with Gasteiger partial charge in [-0.25, -0.2) is 4.98 Å². The molecule has 0 bridgehead atoms. The SMILES string of the molecule is Cc1ccc(Cn2cnc3ccc(I)cc3c2=O)cc1. The second kappa shape index (κ2) is 5.36. The van der Waals surface area contributed by atoms with Crippen LogP contribution in [0.1, 0.15) is 11.1 Å². The zero-order valence-electron chi connectivity index (χ0n) is 11.0. The first kappa shape index (κ1) is 13.3. The number of fused-ring (bicyclic) bond motifs is 1. The molecule has 3 nitrogen and oxygen atoms in total. The monoisotopic (exact) mass is 376 g/mol. The van der Waals surface area contributed by atoms with Gasteiger partial charge in [0, 0.05) is 3.57 Å². The number of hydrogen-bond donors (Lipinski definition) is 0. The van der Waals surface area contributed by atoms with E-state index in [2.05, 4.69) is 46.6 Å². The topological polar surface area (TPSA) is 34.9 Å². The summed E-state index contributed by atoms with van der Waals surface area (Å²) in [6.45, 7) is 2.60. The molecule has 1 heterocycles. The minimum Gasteiger partial charge on any atom is -0.294 e. The molecule has 3 aromatic rings. The van der Waals surface area contributed by atoms with Crippen LogP contribution in [0.5, 0.6) is 0 Å². The summed E-state index contributed by atoms with van der Waals surface area (Å²) in [6, 6.07) is 13.9. The first-order valence-corrected chi connectivity index (χ1v) is 7.41. The summed E-state index contributed by atoms with van der Waals surface area (Å²) in [4.78, 5) is 16.8. The van der Waals surface area contributed by atoms with E-state index in [9.17, 15) is 4.79 Å². The quantitative estimate of drug-likeness (QED) is 0.643. The van der Waals surface area contributed by atoms with Gasteiger partial charge in [0.2, 0.25) is 0 Å². The van der Waals surface area contributed by atoms with E-state index < -0.39 is 0 Å². The van der Waals surface area contributed by atoms with E-state index in [-0.39, 0.29) is 5.56 Å². The molecule has 2 aromatic carbocycles. The Morgan fingerprint density at radius 1 is 1.15 bits per heavy atom. The molecule has 1 aromatic heterocycles. The van der Waals surface area contributed by atoms with Gasteiger partial charge in [0.05, 0.1) is 23.8 Å². The Hall–Kier alpha value is -1.69. The second-order valence-electron chi connectivity index (χ2n) is 4.82. The van der Waals surface area contributed by atoms with E-state index in [0.717, 1.165) is 14.7 Å². The third kappa shape index (κ3) is 2.60. The number of hydrogen-bond acceptors (Lipinski definition) is 2. The molecule has 0 saturated heterocycles. The van der Waals surface area contributed by atoms with Gasteiger partial charge >= 0.3 is 0 Å². The molecule has 0 aliphatic rings. The lowest BCUT2D eigenvalue weighted by Gasteiger charge is -2.07. The van der Waals surface area contributed by atoms with Crippen molar-refractivity contribution in [1.82, 2.24) is 9.55 Å². The average molecular weight is 376 g/mol. The predicted molar refractivity (Wildman–Crippen MR) is 89.0 cm³/mol. The fourth-order valence-corrected chi connectivity index (χ4v) is 2.63. The van der Waals surface area contributed by atoms with Crippen molar-refractivity contribution >= 4 is 33.5 Å². The molecule has 0 saturated carbocycles. The fourth-order valence-electron chi connectivity index (χ4n) is 2.13. The van der Waals surface area contributed by atoms with Crippen LogP contribution in [0.2, 0.25) is 0 Å². The molecule has 100 valence electrons. The lowest BCUT2D eigenvalue weighted by atomic mass is 10.1. The summed E-state index contributed by atoms with van der Waals surface area (Å²) in [5.41, 5.74) is 3.07. The Morgan fingerprint density at radius 3 is 2.65 bits per heavy atom. The van der Waals surface area contributed by atoms with Crippen molar-refractivity contribution < 1.29 is 0 Å². The maximum Gasteiger partial charge on any atom is 0.261 e. The van der Waals surface area contributed by atoms with Crippen LogP contribution in [-0.2, 0) is 6.54 Å². The number of nitrogens with zero attached hydrogens (tertiary/aromatic N) is 2. The standard InChI is InChI=1S/C16H13IN2O/c1-11-2-4-12(5-3-11)9-19-10-18-15-7-6-13(17)8-14(15)16(19)20/h2-8,10H,9H2,1H3. The minimum atomic E-state index is 0.00842. The number of aryl methyl sites for hydroxylation is 1. The molecule has 3 rings (SSSR count). The third-order valence-electron chi connectivity index (χ3n) is 3.26. The van der Waals surface area contributed by atoms with Crippen LogP contribution >= 0.6 is 22.6 Å². The zero-order valence-corrected chi connectivity index (χ0v) is 13.2. The first-order chi connectivity index (χ1) is 9.63. The van der Waals surface area contributed by atoms with Gasteiger partial charge in [0.15, 0.2) is 0 Å². The largest absolute Gasteiger partial charge is 0.294 e. The summed E-state index contributed by atoms with van der Waals surface area (Å²) in [6.07, 6.45) is 1.62. The molecule has 20 heavy (non-hydrogen) atoms. The maximum atomic E-state index is 12.5. The molecular formula is C16H13IN2O. The fraction of sp³-hybridized carbons (Fsp3) is 0.125. The van der Waals surface area contributed by atoms with Crippen molar-refractivity contribution in [3.05, 3.63) is 73.8 Å². The number of rotatable bonds is 2. The molecule has 4 heteroatoms. The van der Waals surface area contributed by atoms with Crippen molar-refractivity contribution in [2.75, 3.05) is 0 Å².